The Morgan fingerprint density at radius 1 is 0.778 bits per heavy atom. The summed E-state index contributed by atoms with van der Waals surface area (Å²) in [6.07, 6.45) is 4.50. The van der Waals surface area contributed by atoms with E-state index in [1.807, 2.05) is 9.36 Å². The minimum atomic E-state index is 0.360. The van der Waals surface area contributed by atoms with Crippen LogP contribution in [0.25, 0.3) is 0 Å². The molecule has 2 aliphatic heterocycles. The lowest BCUT2D eigenvalue weighted by molar-refractivity contribution is 0.312. The van der Waals surface area contributed by atoms with Crippen molar-refractivity contribution in [1.29, 1.82) is 0 Å². The Morgan fingerprint density at radius 3 is 1.78 bits per heavy atom. The van der Waals surface area contributed by atoms with Crippen LogP contribution in [-0.4, -0.2) is 40.4 Å². The molecule has 94 valence electrons. The Morgan fingerprint density at radius 2 is 1.28 bits per heavy atom. The van der Waals surface area contributed by atoms with Crippen LogP contribution in [0.2, 0.25) is 0 Å². The first-order chi connectivity index (χ1) is 8.93. The lowest BCUT2D eigenvalue weighted by Gasteiger charge is -2.30. The summed E-state index contributed by atoms with van der Waals surface area (Å²) in [7, 11) is 0. The third-order valence-corrected chi connectivity index (χ3v) is 4.04. The molecule has 0 aromatic carbocycles. The Labute approximate surface area is 103 Å². The molecule has 0 saturated heterocycles. The second kappa shape index (κ2) is 3.82. The number of aryl methyl sites for hydroxylation is 2. The van der Waals surface area contributed by atoms with Crippen LogP contribution in [0, 0.1) is 0 Å². The molecule has 0 bridgehead atoms. The van der Waals surface area contributed by atoms with Crippen LogP contribution in [0.3, 0.4) is 0 Å². The molecule has 2 atom stereocenters. The summed E-state index contributed by atoms with van der Waals surface area (Å²) in [6, 6.07) is 0. The van der Waals surface area contributed by atoms with Gasteiger partial charge in [0.15, 0.2) is 11.6 Å². The van der Waals surface area contributed by atoms with Gasteiger partial charge in [0.1, 0.15) is 0 Å². The zero-order valence-electron chi connectivity index (χ0n) is 9.98. The molecule has 2 aliphatic rings. The van der Waals surface area contributed by atoms with Crippen LogP contribution in [0.15, 0.2) is 0 Å². The largest absolute Gasteiger partial charge is 0.229 e. The van der Waals surface area contributed by atoms with Crippen molar-refractivity contribution in [2.45, 2.75) is 50.6 Å². The summed E-state index contributed by atoms with van der Waals surface area (Å²) >= 11 is 0. The van der Waals surface area contributed by atoms with Gasteiger partial charge in [-0.05, 0) is 46.5 Å². The van der Waals surface area contributed by atoms with Gasteiger partial charge in [0, 0.05) is 24.9 Å². The van der Waals surface area contributed by atoms with Crippen LogP contribution in [0.5, 0.6) is 0 Å². The van der Waals surface area contributed by atoms with Crippen LogP contribution < -0.4 is 0 Å². The van der Waals surface area contributed by atoms with E-state index >= 15 is 0 Å². The number of hydrogen-bond acceptors (Lipinski definition) is 6. The van der Waals surface area contributed by atoms with Crippen molar-refractivity contribution in [2.24, 2.45) is 0 Å². The fourth-order valence-electron chi connectivity index (χ4n) is 3.22. The van der Waals surface area contributed by atoms with Gasteiger partial charge >= 0.3 is 0 Å². The molecule has 0 saturated carbocycles. The number of fused-ring (bicyclic) bond motifs is 2. The minimum Gasteiger partial charge on any atom is -0.229 e. The van der Waals surface area contributed by atoms with E-state index in [4.69, 9.17) is 0 Å². The van der Waals surface area contributed by atoms with Crippen LogP contribution in [0.1, 0.15) is 49.2 Å². The van der Waals surface area contributed by atoms with E-state index in [-0.39, 0.29) is 0 Å². The molecular weight excluding hydrogens is 232 g/mol. The Balaban J connectivity index is 1.75. The summed E-state index contributed by atoms with van der Waals surface area (Å²) in [5.74, 6) is 2.73. The van der Waals surface area contributed by atoms with Crippen LogP contribution in [0.4, 0.5) is 0 Å². The summed E-state index contributed by atoms with van der Waals surface area (Å²) in [6.45, 7) is 1.85. The monoisotopic (exact) mass is 246 g/mol. The van der Waals surface area contributed by atoms with Gasteiger partial charge in [-0.3, -0.25) is 0 Å². The zero-order valence-corrected chi connectivity index (χ0v) is 9.98. The molecular formula is C10H14N8. The molecule has 0 aliphatic carbocycles. The van der Waals surface area contributed by atoms with E-state index in [0.29, 0.717) is 11.8 Å². The molecule has 0 fully saturated rings. The predicted molar refractivity (Wildman–Crippen MR) is 59.6 cm³/mol. The van der Waals surface area contributed by atoms with Gasteiger partial charge in [0.2, 0.25) is 0 Å². The topological polar surface area (TPSA) is 87.2 Å². The summed E-state index contributed by atoms with van der Waals surface area (Å²) in [5.41, 5.74) is 0. The second-order valence-electron chi connectivity index (χ2n) is 5.02. The maximum Gasteiger partial charge on any atom is 0.155 e. The molecule has 8 heteroatoms. The third-order valence-electron chi connectivity index (χ3n) is 4.04. The lowest BCUT2D eigenvalue weighted by atomic mass is 9.81. The summed E-state index contributed by atoms with van der Waals surface area (Å²) < 4.78 is 3.85. The smallest absolute Gasteiger partial charge is 0.155 e. The molecule has 2 aromatic heterocycles. The highest BCUT2D eigenvalue weighted by atomic mass is 15.6. The average molecular weight is 246 g/mol. The summed E-state index contributed by atoms with van der Waals surface area (Å²) in [5, 5.41) is 24.1. The van der Waals surface area contributed by atoms with Gasteiger partial charge in [0.25, 0.3) is 0 Å². The fourth-order valence-corrected chi connectivity index (χ4v) is 3.22. The van der Waals surface area contributed by atoms with Crippen molar-refractivity contribution in [3.8, 4) is 0 Å². The molecule has 8 nitrogen and oxygen atoms in total. The van der Waals surface area contributed by atoms with Gasteiger partial charge in [-0.25, -0.2) is 9.36 Å². The number of aromatic nitrogens is 8. The Kier molecular flexibility index (Phi) is 2.14. The first-order valence-electron chi connectivity index (χ1n) is 6.45. The fraction of sp³-hybridized carbons (Fsp3) is 0.800. The van der Waals surface area contributed by atoms with E-state index < -0.39 is 0 Å². The van der Waals surface area contributed by atoms with E-state index in [1.54, 1.807) is 0 Å². The Bertz CT molecular complexity index is 507. The van der Waals surface area contributed by atoms with E-state index in [9.17, 15) is 0 Å². The highest BCUT2D eigenvalue weighted by Gasteiger charge is 2.36. The molecule has 2 aromatic rings. The number of hydrogen-bond donors (Lipinski definition) is 0. The van der Waals surface area contributed by atoms with Crippen molar-refractivity contribution in [3.05, 3.63) is 11.6 Å². The van der Waals surface area contributed by atoms with E-state index in [1.165, 1.54) is 0 Å². The van der Waals surface area contributed by atoms with E-state index in [2.05, 4.69) is 31.1 Å². The molecule has 4 rings (SSSR count). The van der Waals surface area contributed by atoms with Crippen molar-refractivity contribution < 1.29 is 0 Å². The average Bonchev–Trinajstić information content (AvgIpc) is 3.06. The molecule has 18 heavy (non-hydrogen) atoms. The molecule has 0 amide bonds. The molecule has 0 N–H and O–H groups in total. The number of rotatable bonds is 1. The van der Waals surface area contributed by atoms with Crippen molar-refractivity contribution in [3.63, 3.8) is 0 Å². The maximum atomic E-state index is 4.19. The quantitative estimate of drug-likeness (QED) is 0.710. The second-order valence-corrected chi connectivity index (χ2v) is 5.02. The van der Waals surface area contributed by atoms with E-state index in [0.717, 1.165) is 50.4 Å². The predicted octanol–water partition coefficient (Wildman–Crippen LogP) is 0.115. The van der Waals surface area contributed by atoms with Gasteiger partial charge in [0.05, 0.1) is 0 Å². The van der Waals surface area contributed by atoms with Crippen LogP contribution >= 0.6 is 0 Å². The van der Waals surface area contributed by atoms with Crippen LogP contribution in [-0.2, 0) is 13.1 Å². The van der Waals surface area contributed by atoms with Gasteiger partial charge in [-0.15, -0.1) is 10.2 Å². The standard InChI is InChI=1S/C10H14N8/c1-3-7(9-11-13-15-17(9)5-1)8-4-2-6-18-10(8)12-14-16-18/h7-8H,1-6H2. The molecule has 0 radical (unpaired) electrons. The lowest BCUT2D eigenvalue weighted by Crippen LogP contribution is -2.27. The highest BCUT2D eigenvalue weighted by molar-refractivity contribution is 5.11. The van der Waals surface area contributed by atoms with Crippen molar-refractivity contribution in [1.82, 2.24) is 40.4 Å². The minimum absolute atomic E-state index is 0.360. The van der Waals surface area contributed by atoms with Gasteiger partial charge < -0.3 is 0 Å². The SMILES string of the molecule is C1CC(C2CCCn3nnnc32)c2nnnn2C1. The summed E-state index contributed by atoms with van der Waals surface area (Å²) in [4.78, 5) is 0. The maximum absolute atomic E-state index is 4.19. The normalized spacial score (nSPS) is 26.7. The number of tetrazole rings is 2. The van der Waals surface area contributed by atoms with Crippen molar-refractivity contribution >= 4 is 0 Å². The van der Waals surface area contributed by atoms with Crippen molar-refractivity contribution in [2.75, 3.05) is 0 Å². The first-order valence-corrected chi connectivity index (χ1v) is 6.45. The zero-order chi connectivity index (χ0) is 11.9. The third kappa shape index (κ3) is 1.37. The molecule has 0 spiro atoms. The van der Waals surface area contributed by atoms with Gasteiger partial charge in [-0.1, -0.05) is 0 Å². The van der Waals surface area contributed by atoms with Gasteiger partial charge in [-0.2, -0.15) is 0 Å². The highest BCUT2D eigenvalue weighted by Crippen LogP contribution is 2.41. The molecule has 4 heterocycles. The Hall–Kier alpha value is -1.86. The number of nitrogens with zero attached hydrogens (tertiary/aromatic N) is 8. The first kappa shape index (κ1) is 10.1. The molecule has 2 unspecified atom stereocenters.